The molecule has 0 bridgehead atoms. The fourth-order valence-electron chi connectivity index (χ4n) is 2.59. The Morgan fingerprint density at radius 2 is 1.90 bits per heavy atom. The molecule has 1 heterocycles. The second kappa shape index (κ2) is 5.96. The van der Waals surface area contributed by atoms with Gasteiger partial charge in [-0.05, 0) is 48.4 Å². The molecule has 1 aromatic carbocycles. The van der Waals surface area contributed by atoms with E-state index in [0.717, 1.165) is 25.1 Å². The third kappa shape index (κ3) is 3.83. The van der Waals surface area contributed by atoms with Gasteiger partial charge < -0.3 is 10.6 Å². The van der Waals surface area contributed by atoms with E-state index in [9.17, 15) is 4.79 Å². The first-order valence-corrected chi connectivity index (χ1v) is 7.51. The predicted molar refractivity (Wildman–Crippen MR) is 84.0 cm³/mol. The summed E-state index contributed by atoms with van der Waals surface area (Å²) in [6.07, 6.45) is 2.08. The van der Waals surface area contributed by atoms with E-state index >= 15 is 0 Å². The molecule has 110 valence electrons. The molecule has 0 aromatic heterocycles. The Labute approximate surface area is 122 Å². The molecule has 0 saturated carbocycles. The zero-order valence-electron chi connectivity index (χ0n) is 13.0. The molecule has 1 aromatic rings. The molecule has 0 aliphatic carbocycles. The van der Waals surface area contributed by atoms with Gasteiger partial charge in [-0.1, -0.05) is 39.8 Å². The highest BCUT2D eigenvalue weighted by atomic mass is 16.2. The van der Waals surface area contributed by atoms with Crippen molar-refractivity contribution in [1.29, 1.82) is 0 Å². The lowest BCUT2D eigenvalue weighted by molar-refractivity contribution is -0.119. The van der Waals surface area contributed by atoms with Gasteiger partial charge in [-0.3, -0.25) is 4.79 Å². The second-order valence-corrected chi connectivity index (χ2v) is 6.95. The fraction of sp³-hybridized carbons (Fsp3) is 0.588. The maximum absolute atomic E-state index is 12.2. The molecule has 3 nitrogen and oxygen atoms in total. The van der Waals surface area contributed by atoms with E-state index in [1.54, 1.807) is 0 Å². The number of hydrogen-bond donors (Lipinski definition) is 2. The van der Waals surface area contributed by atoms with Crippen molar-refractivity contribution in [3.05, 3.63) is 29.8 Å². The number of carbonyl (C=O) groups excluding carboxylic acids is 1. The molecular formula is C17H26N2O. The Morgan fingerprint density at radius 3 is 2.45 bits per heavy atom. The molecule has 0 spiro atoms. The third-order valence-corrected chi connectivity index (χ3v) is 4.00. The minimum atomic E-state index is -0.0546. The van der Waals surface area contributed by atoms with Gasteiger partial charge >= 0.3 is 0 Å². The number of amides is 1. The van der Waals surface area contributed by atoms with Crippen molar-refractivity contribution in [2.75, 3.05) is 11.9 Å². The summed E-state index contributed by atoms with van der Waals surface area (Å²) in [6.45, 7) is 9.71. The molecule has 1 aliphatic heterocycles. The van der Waals surface area contributed by atoms with Crippen LogP contribution < -0.4 is 10.6 Å². The van der Waals surface area contributed by atoms with Gasteiger partial charge in [0, 0.05) is 5.69 Å². The third-order valence-electron chi connectivity index (χ3n) is 4.00. The van der Waals surface area contributed by atoms with Crippen molar-refractivity contribution in [3.63, 3.8) is 0 Å². The number of anilines is 1. The molecule has 1 aliphatic rings. The lowest BCUT2D eigenvalue weighted by atomic mass is 9.87. The molecule has 2 rings (SSSR count). The average Bonchev–Trinajstić information content (AvgIpc) is 2.38. The highest BCUT2D eigenvalue weighted by Gasteiger charge is 2.24. The van der Waals surface area contributed by atoms with Crippen LogP contribution in [-0.4, -0.2) is 18.5 Å². The van der Waals surface area contributed by atoms with Gasteiger partial charge in [0.1, 0.15) is 0 Å². The molecule has 1 fully saturated rings. The van der Waals surface area contributed by atoms with Gasteiger partial charge in [-0.2, -0.15) is 0 Å². The number of benzene rings is 1. The molecule has 2 unspecified atom stereocenters. The summed E-state index contributed by atoms with van der Waals surface area (Å²) in [4.78, 5) is 12.2. The van der Waals surface area contributed by atoms with Crippen molar-refractivity contribution in [1.82, 2.24) is 5.32 Å². The standard InChI is InChI=1S/C17H26N2O/c1-12-9-10-18-15(11-12)16(20)19-14-7-5-13(6-8-14)17(2,3)4/h5-8,12,15,18H,9-11H2,1-4H3,(H,19,20). The molecular weight excluding hydrogens is 248 g/mol. The molecule has 1 saturated heterocycles. The van der Waals surface area contributed by atoms with Crippen molar-refractivity contribution < 1.29 is 4.79 Å². The number of carbonyl (C=O) groups is 1. The Hall–Kier alpha value is -1.35. The predicted octanol–water partition coefficient (Wildman–Crippen LogP) is 3.31. The van der Waals surface area contributed by atoms with Gasteiger partial charge in [-0.15, -0.1) is 0 Å². The van der Waals surface area contributed by atoms with Gasteiger partial charge in [0.15, 0.2) is 0 Å². The van der Waals surface area contributed by atoms with Crippen LogP contribution in [0.5, 0.6) is 0 Å². The average molecular weight is 274 g/mol. The minimum absolute atomic E-state index is 0.0546. The normalized spacial score (nSPS) is 23.4. The largest absolute Gasteiger partial charge is 0.325 e. The summed E-state index contributed by atoms with van der Waals surface area (Å²) in [7, 11) is 0. The molecule has 0 radical (unpaired) electrons. The highest BCUT2D eigenvalue weighted by Crippen LogP contribution is 2.24. The highest BCUT2D eigenvalue weighted by molar-refractivity contribution is 5.94. The van der Waals surface area contributed by atoms with Crippen molar-refractivity contribution >= 4 is 11.6 Å². The van der Waals surface area contributed by atoms with Crippen LogP contribution in [0.25, 0.3) is 0 Å². The quantitative estimate of drug-likeness (QED) is 0.868. The maximum Gasteiger partial charge on any atom is 0.241 e. The smallest absolute Gasteiger partial charge is 0.241 e. The van der Waals surface area contributed by atoms with Crippen LogP contribution in [0, 0.1) is 5.92 Å². The first-order valence-electron chi connectivity index (χ1n) is 7.51. The van der Waals surface area contributed by atoms with Crippen molar-refractivity contribution in [3.8, 4) is 0 Å². The number of nitrogens with one attached hydrogen (secondary N) is 2. The van der Waals surface area contributed by atoms with Gasteiger partial charge in [0.05, 0.1) is 6.04 Å². The van der Waals surface area contributed by atoms with Crippen molar-refractivity contribution in [2.45, 2.75) is 52.0 Å². The Bertz CT molecular complexity index is 459. The number of hydrogen-bond acceptors (Lipinski definition) is 2. The van der Waals surface area contributed by atoms with Crippen molar-refractivity contribution in [2.24, 2.45) is 5.92 Å². The van der Waals surface area contributed by atoms with Crippen LogP contribution in [0.2, 0.25) is 0 Å². The lowest BCUT2D eigenvalue weighted by Gasteiger charge is -2.27. The topological polar surface area (TPSA) is 41.1 Å². The Balaban J connectivity index is 1.97. The SMILES string of the molecule is CC1CCNC(C(=O)Nc2ccc(C(C)(C)C)cc2)C1. The van der Waals surface area contributed by atoms with E-state index < -0.39 is 0 Å². The van der Waals surface area contributed by atoms with E-state index in [0.29, 0.717) is 5.92 Å². The Kier molecular flexibility index (Phi) is 4.48. The number of piperidine rings is 1. The molecule has 20 heavy (non-hydrogen) atoms. The summed E-state index contributed by atoms with van der Waals surface area (Å²) < 4.78 is 0. The summed E-state index contributed by atoms with van der Waals surface area (Å²) in [6, 6.07) is 8.11. The van der Waals surface area contributed by atoms with Gasteiger partial charge in [-0.25, -0.2) is 0 Å². The zero-order chi connectivity index (χ0) is 14.8. The number of rotatable bonds is 2. The van der Waals surface area contributed by atoms with E-state index in [1.165, 1.54) is 5.56 Å². The minimum Gasteiger partial charge on any atom is -0.325 e. The summed E-state index contributed by atoms with van der Waals surface area (Å²) >= 11 is 0. The second-order valence-electron chi connectivity index (χ2n) is 6.95. The van der Waals surface area contributed by atoms with Crippen LogP contribution in [0.1, 0.15) is 46.1 Å². The van der Waals surface area contributed by atoms with Gasteiger partial charge in [0.25, 0.3) is 0 Å². The van der Waals surface area contributed by atoms with Crippen LogP contribution in [-0.2, 0) is 10.2 Å². The van der Waals surface area contributed by atoms with Crippen LogP contribution in [0.4, 0.5) is 5.69 Å². The van der Waals surface area contributed by atoms with E-state index in [4.69, 9.17) is 0 Å². The summed E-state index contributed by atoms with van der Waals surface area (Å²) in [5, 5.41) is 6.30. The van der Waals surface area contributed by atoms with Crippen LogP contribution in [0.15, 0.2) is 24.3 Å². The first kappa shape index (κ1) is 15.0. The lowest BCUT2D eigenvalue weighted by Crippen LogP contribution is -2.45. The zero-order valence-corrected chi connectivity index (χ0v) is 13.0. The first-order chi connectivity index (χ1) is 9.36. The summed E-state index contributed by atoms with van der Waals surface area (Å²) in [5.74, 6) is 0.704. The maximum atomic E-state index is 12.2. The van der Waals surface area contributed by atoms with Crippen LogP contribution in [0.3, 0.4) is 0 Å². The fourth-order valence-corrected chi connectivity index (χ4v) is 2.59. The van der Waals surface area contributed by atoms with E-state index in [1.807, 2.05) is 12.1 Å². The molecule has 2 N–H and O–H groups in total. The Morgan fingerprint density at radius 1 is 1.25 bits per heavy atom. The van der Waals surface area contributed by atoms with Gasteiger partial charge in [0.2, 0.25) is 5.91 Å². The van der Waals surface area contributed by atoms with E-state index in [2.05, 4.69) is 50.5 Å². The molecule has 3 heteroatoms. The molecule has 1 amide bonds. The van der Waals surface area contributed by atoms with Crippen LogP contribution >= 0.6 is 0 Å². The summed E-state index contributed by atoms with van der Waals surface area (Å²) in [5.41, 5.74) is 2.30. The monoisotopic (exact) mass is 274 g/mol. The van der Waals surface area contributed by atoms with E-state index in [-0.39, 0.29) is 17.4 Å². The molecule has 2 atom stereocenters.